The Bertz CT molecular complexity index is 334. The van der Waals surface area contributed by atoms with Gasteiger partial charge in [0, 0.05) is 18.8 Å². The van der Waals surface area contributed by atoms with Crippen LogP contribution in [-0.2, 0) is 0 Å². The molecule has 0 aliphatic carbocycles. The van der Waals surface area contributed by atoms with Crippen LogP contribution in [-0.4, -0.2) is 19.0 Å². The third-order valence-corrected chi connectivity index (χ3v) is 2.32. The summed E-state index contributed by atoms with van der Waals surface area (Å²) in [6, 6.07) is 7.71. The molecule has 14 heavy (non-hydrogen) atoms. The molecule has 0 aromatic heterocycles. The molecule has 1 amide bonds. The van der Waals surface area contributed by atoms with Crippen LogP contribution < -0.4 is 10.6 Å². The topological polar surface area (TPSA) is 46.3 Å². The number of amides is 1. The zero-order chi connectivity index (χ0) is 10.7. The Morgan fingerprint density at radius 3 is 2.43 bits per heavy atom. The molecule has 0 aliphatic rings. The van der Waals surface area contributed by atoms with E-state index in [9.17, 15) is 4.79 Å². The van der Waals surface area contributed by atoms with E-state index in [0.717, 1.165) is 5.69 Å². The second-order valence-electron chi connectivity index (χ2n) is 3.59. The van der Waals surface area contributed by atoms with Gasteiger partial charge in [0.25, 0.3) is 5.91 Å². The van der Waals surface area contributed by atoms with E-state index >= 15 is 0 Å². The van der Waals surface area contributed by atoms with Crippen LogP contribution in [0.3, 0.4) is 0 Å². The molecule has 2 N–H and O–H groups in total. The maximum atomic E-state index is 11.1. The number of carbonyl (C=O) groups excluding carboxylic acids is 1. The highest BCUT2D eigenvalue weighted by molar-refractivity contribution is 5.98. The number of para-hydroxylation sites is 1. The van der Waals surface area contributed by atoms with Crippen LogP contribution in [0.4, 0.5) is 5.69 Å². The highest BCUT2D eigenvalue weighted by Crippen LogP contribution is 2.20. The fraction of sp³-hybridized carbons (Fsp3) is 0.364. The Kier molecular flexibility index (Phi) is 3.12. The predicted molar refractivity (Wildman–Crippen MR) is 58.5 cm³/mol. The fourth-order valence-corrected chi connectivity index (χ4v) is 1.27. The van der Waals surface area contributed by atoms with Crippen molar-refractivity contribution in [3.05, 3.63) is 29.8 Å². The largest absolute Gasteiger partial charge is 0.372 e. The van der Waals surface area contributed by atoms with Crippen LogP contribution in [0.15, 0.2) is 24.3 Å². The summed E-state index contributed by atoms with van der Waals surface area (Å²) in [5.74, 6) is -0.381. The van der Waals surface area contributed by atoms with E-state index in [2.05, 4.69) is 13.8 Å². The Balaban J connectivity index is 3.13. The highest BCUT2D eigenvalue weighted by atomic mass is 16.1. The molecule has 0 unspecified atom stereocenters. The first-order valence-corrected chi connectivity index (χ1v) is 4.65. The Labute approximate surface area is 84.5 Å². The van der Waals surface area contributed by atoms with E-state index < -0.39 is 0 Å². The quantitative estimate of drug-likeness (QED) is 0.791. The number of benzene rings is 1. The van der Waals surface area contributed by atoms with Crippen molar-refractivity contribution in [3.8, 4) is 0 Å². The van der Waals surface area contributed by atoms with Crippen molar-refractivity contribution in [1.82, 2.24) is 0 Å². The fourth-order valence-electron chi connectivity index (χ4n) is 1.27. The van der Waals surface area contributed by atoms with Crippen molar-refractivity contribution < 1.29 is 4.79 Å². The molecule has 0 heterocycles. The molecule has 1 aromatic carbocycles. The van der Waals surface area contributed by atoms with Gasteiger partial charge in [0.1, 0.15) is 0 Å². The standard InChI is InChI=1S/C11H16N2O/c1-8(2)13(3)10-7-5-4-6-9(10)11(12)14/h4-8H,1-3H3,(H2,12,14). The second-order valence-corrected chi connectivity index (χ2v) is 3.59. The molecule has 3 nitrogen and oxygen atoms in total. The van der Waals surface area contributed by atoms with Crippen molar-refractivity contribution in [1.29, 1.82) is 0 Å². The number of carbonyl (C=O) groups is 1. The van der Waals surface area contributed by atoms with Crippen LogP contribution in [0.25, 0.3) is 0 Å². The first-order valence-electron chi connectivity index (χ1n) is 4.65. The minimum atomic E-state index is -0.381. The van der Waals surface area contributed by atoms with Gasteiger partial charge in [-0.15, -0.1) is 0 Å². The first-order chi connectivity index (χ1) is 6.54. The van der Waals surface area contributed by atoms with Crippen molar-refractivity contribution in [2.24, 2.45) is 5.73 Å². The number of hydrogen-bond donors (Lipinski definition) is 1. The van der Waals surface area contributed by atoms with Crippen molar-refractivity contribution in [2.75, 3.05) is 11.9 Å². The first kappa shape index (κ1) is 10.6. The van der Waals surface area contributed by atoms with Crippen molar-refractivity contribution in [2.45, 2.75) is 19.9 Å². The Morgan fingerprint density at radius 1 is 1.36 bits per heavy atom. The molecule has 0 saturated heterocycles. The van der Waals surface area contributed by atoms with Gasteiger partial charge in [-0.1, -0.05) is 12.1 Å². The summed E-state index contributed by atoms with van der Waals surface area (Å²) in [5.41, 5.74) is 6.74. The minimum absolute atomic E-state index is 0.343. The molecule has 0 fully saturated rings. The number of primary amides is 1. The zero-order valence-corrected chi connectivity index (χ0v) is 8.82. The molecule has 1 aromatic rings. The second kappa shape index (κ2) is 4.13. The summed E-state index contributed by atoms with van der Waals surface area (Å²) >= 11 is 0. The molecule has 3 heteroatoms. The average molecular weight is 192 g/mol. The van der Waals surface area contributed by atoms with Crippen LogP contribution in [0, 0.1) is 0 Å². The molecule has 0 bridgehead atoms. The third kappa shape index (κ3) is 2.05. The lowest BCUT2D eigenvalue weighted by atomic mass is 10.1. The number of rotatable bonds is 3. The number of nitrogens with zero attached hydrogens (tertiary/aromatic N) is 1. The molecule has 1 rings (SSSR count). The lowest BCUT2D eigenvalue weighted by Crippen LogP contribution is -2.28. The summed E-state index contributed by atoms with van der Waals surface area (Å²) in [6.45, 7) is 4.13. The lowest BCUT2D eigenvalue weighted by Gasteiger charge is -2.25. The normalized spacial score (nSPS) is 10.3. The van der Waals surface area contributed by atoms with Gasteiger partial charge in [-0.3, -0.25) is 4.79 Å². The summed E-state index contributed by atoms with van der Waals surface area (Å²) < 4.78 is 0. The molecule has 0 atom stereocenters. The monoisotopic (exact) mass is 192 g/mol. The lowest BCUT2D eigenvalue weighted by molar-refractivity contribution is 0.100. The van der Waals surface area contributed by atoms with E-state index in [-0.39, 0.29) is 5.91 Å². The van der Waals surface area contributed by atoms with E-state index in [0.29, 0.717) is 11.6 Å². The van der Waals surface area contributed by atoms with E-state index in [1.807, 2.05) is 30.1 Å². The molecule has 0 aliphatic heterocycles. The smallest absolute Gasteiger partial charge is 0.250 e. The number of hydrogen-bond acceptors (Lipinski definition) is 2. The molecule has 76 valence electrons. The van der Waals surface area contributed by atoms with Gasteiger partial charge < -0.3 is 10.6 Å². The predicted octanol–water partition coefficient (Wildman–Crippen LogP) is 1.63. The van der Waals surface area contributed by atoms with E-state index in [1.165, 1.54) is 0 Å². The van der Waals surface area contributed by atoms with Gasteiger partial charge in [-0.25, -0.2) is 0 Å². The summed E-state index contributed by atoms with van der Waals surface area (Å²) in [5, 5.41) is 0. The van der Waals surface area contributed by atoms with Crippen LogP contribution in [0.1, 0.15) is 24.2 Å². The van der Waals surface area contributed by atoms with Crippen molar-refractivity contribution in [3.63, 3.8) is 0 Å². The minimum Gasteiger partial charge on any atom is -0.372 e. The van der Waals surface area contributed by atoms with Crippen LogP contribution in [0.2, 0.25) is 0 Å². The Morgan fingerprint density at radius 2 is 1.93 bits per heavy atom. The maximum Gasteiger partial charge on any atom is 0.250 e. The van der Waals surface area contributed by atoms with Gasteiger partial charge in [0.15, 0.2) is 0 Å². The summed E-state index contributed by atoms with van der Waals surface area (Å²) in [7, 11) is 1.95. The zero-order valence-electron chi connectivity index (χ0n) is 8.82. The highest BCUT2D eigenvalue weighted by Gasteiger charge is 2.12. The third-order valence-electron chi connectivity index (χ3n) is 2.32. The molecule has 0 radical (unpaired) electrons. The molecule has 0 saturated carbocycles. The van der Waals surface area contributed by atoms with Gasteiger partial charge in [-0.2, -0.15) is 0 Å². The van der Waals surface area contributed by atoms with Gasteiger partial charge in [0.05, 0.1) is 5.56 Å². The van der Waals surface area contributed by atoms with Gasteiger partial charge in [-0.05, 0) is 26.0 Å². The number of anilines is 1. The molecule has 0 spiro atoms. The van der Waals surface area contributed by atoms with Crippen LogP contribution in [0.5, 0.6) is 0 Å². The summed E-state index contributed by atoms with van der Waals surface area (Å²) in [4.78, 5) is 13.2. The van der Waals surface area contributed by atoms with Crippen LogP contribution >= 0.6 is 0 Å². The summed E-state index contributed by atoms with van der Waals surface area (Å²) in [6.07, 6.45) is 0. The van der Waals surface area contributed by atoms with Gasteiger partial charge >= 0.3 is 0 Å². The molecular formula is C11H16N2O. The maximum absolute atomic E-state index is 11.1. The average Bonchev–Trinajstić information content (AvgIpc) is 2.16. The molecular weight excluding hydrogens is 176 g/mol. The van der Waals surface area contributed by atoms with E-state index in [1.54, 1.807) is 6.07 Å². The van der Waals surface area contributed by atoms with Gasteiger partial charge in [0.2, 0.25) is 0 Å². The SMILES string of the molecule is CC(C)N(C)c1ccccc1C(N)=O. The van der Waals surface area contributed by atoms with Crippen molar-refractivity contribution >= 4 is 11.6 Å². The van der Waals surface area contributed by atoms with E-state index in [4.69, 9.17) is 5.73 Å². The Hall–Kier alpha value is -1.51. The number of nitrogens with two attached hydrogens (primary N) is 1.